The molecule has 0 spiro atoms. The van der Waals surface area contributed by atoms with E-state index in [0.29, 0.717) is 24.1 Å². The Labute approximate surface area is 187 Å². The van der Waals surface area contributed by atoms with Gasteiger partial charge in [0.1, 0.15) is 30.1 Å². The summed E-state index contributed by atoms with van der Waals surface area (Å²) in [6.07, 6.45) is 0. The molecule has 0 saturated carbocycles. The van der Waals surface area contributed by atoms with Crippen LogP contribution in [-0.2, 0) is 9.59 Å². The number of amidine groups is 1. The molecule has 2 amide bonds. The van der Waals surface area contributed by atoms with Crippen LogP contribution in [0.5, 0.6) is 11.5 Å². The minimum Gasteiger partial charge on any atom is -0.490 e. The van der Waals surface area contributed by atoms with Crippen molar-refractivity contribution in [2.75, 3.05) is 13.2 Å². The number of hydrogen-bond donors (Lipinski definition) is 1. The van der Waals surface area contributed by atoms with Crippen molar-refractivity contribution in [3.8, 4) is 11.5 Å². The van der Waals surface area contributed by atoms with Crippen molar-refractivity contribution >= 4 is 44.7 Å². The zero-order valence-electron chi connectivity index (χ0n) is 16.8. The average molecular weight is 492 g/mol. The normalized spacial score (nSPS) is 15.5. The average Bonchev–Trinajstić information content (AvgIpc) is 3.11. The smallest absolute Gasteiger partial charge is 0.241 e. The highest BCUT2D eigenvalue weighted by Crippen LogP contribution is 2.40. The maximum absolute atomic E-state index is 12.0. The van der Waals surface area contributed by atoms with Crippen LogP contribution < -0.4 is 14.8 Å². The van der Waals surface area contributed by atoms with Crippen molar-refractivity contribution in [2.45, 2.75) is 26.1 Å². The topological polar surface area (TPSA) is 80.2 Å². The Morgan fingerprint density at radius 2 is 1.83 bits per heavy atom. The fourth-order valence-electron chi connectivity index (χ4n) is 2.71. The van der Waals surface area contributed by atoms with Gasteiger partial charge in [-0.3, -0.25) is 9.59 Å². The van der Waals surface area contributed by atoms with Gasteiger partial charge in [0, 0.05) is 13.8 Å². The van der Waals surface area contributed by atoms with E-state index in [1.165, 1.54) is 36.2 Å². The van der Waals surface area contributed by atoms with E-state index in [1.54, 1.807) is 0 Å². The predicted molar refractivity (Wildman–Crippen MR) is 120 cm³/mol. The molecule has 1 aliphatic rings. The van der Waals surface area contributed by atoms with E-state index in [9.17, 15) is 9.59 Å². The molecule has 0 fully saturated rings. The Kier molecular flexibility index (Phi) is 7.38. The van der Waals surface area contributed by atoms with Crippen molar-refractivity contribution in [2.24, 2.45) is 5.10 Å². The molecular weight excluding hydrogens is 470 g/mol. The number of ether oxygens (including phenoxy) is 2. The first-order valence-corrected chi connectivity index (χ1v) is 10.9. The third-order valence-electron chi connectivity index (χ3n) is 4.12. The second kappa shape index (κ2) is 9.99. The maximum Gasteiger partial charge on any atom is 0.241 e. The van der Waals surface area contributed by atoms with Crippen LogP contribution in [0.2, 0.25) is 0 Å². The lowest BCUT2D eigenvalue weighted by Crippen LogP contribution is -2.25. The predicted octanol–water partition coefficient (Wildman–Crippen LogP) is 4.22. The molecule has 0 aromatic heterocycles. The number of nitrogens with zero attached hydrogens (tertiary/aromatic N) is 2. The number of hydrazone groups is 1. The second-order valence-electron chi connectivity index (χ2n) is 6.62. The molecule has 1 atom stereocenters. The van der Waals surface area contributed by atoms with Gasteiger partial charge in [0.15, 0.2) is 5.17 Å². The van der Waals surface area contributed by atoms with Crippen molar-refractivity contribution in [1.82, 2.24) is 10.3 Å². The highest BCUT2D eigenvalue weighted by Gasteiger charge is 2.32. The lowest BCUT2D eigenvalue weighted by atomic mass is 10.2. The van der Waals surface area contributed by atoms with Gasteiger partial charge in [-0.1, -0.05) is 35.5 Å². The van der Waals surface area contributed by atoms with E-state index in [0.717, 1.165) is 15.8 Å². The van der Waals surface area contributed by atoms with E-state index in [2.05, 4.69) is 26.3 Å². The summed E-state index contributed by atoms with van der Waals surface area (Å²) in [5.41, 5.74) is 2.04. The van der Waals surface area contributed by atoms with E-state index >= 15 is 0 Å². The van der Waals surface area contributed by atoms with Crippen LogP contribution in [-0.4, -0.2) is 35.2 Å². The Hall–Kier alpha value is -2.52. The Morgan fingerprint density at radius 3 is 2.47 bits per heavy atom. The molecule has 2 aromatic carbocycles. The molecule has 1 heterocycles. The van der Waals surface area contributed by atoms with Crippen LogP contribution in [0.25, 0.3) is 0 Å². The van der Waals surface area contributed by atoms with E-state index in [-0.39, 0.29) is 17.2 Å². The summed E-state index contributed by atoms with van der Waals surface area (Å²) in [7, 11) is 0. The van der Waals surface area contributed by atoms with Crippen LogP contribution in [0, 0.1) is 6.92 Å². The quantitative estimate of drug-likeness (QED) is 0.611. The highest BCUT2D eigenvalue weighted by molar-refractivity contribution is 9.10. The third-order valence-corrected chi connectivity index (χ3v) is 5.84. The van der Waals surface area contributed by atoms with Gasteiger partial charge in [-0.2, -0.15) is 0 Å². The summed E-state index contributed by atoms with van der Waals surface area (Å²) in [6, 6.07) is 13.4. The summed E-state index contributed by atoms with van der Waals surface area (Å²) < 4.78 is 12.2. The number of benzene rings is 2. The monoisotopic (exact) mass is 491 g/mol. The van der Waals surface area contributed by atoms with Crippen molar-refractivity contribution in [1.29, 1.82) is 0 Å². The number of amides is 2. The first-order chi connectivity index (χ1) is 14.3. The number of hydrogen-bond acceptors (Lipinski definition) is 6. The van der Waals surface area contributed by atoms with Crippen molar-refractivity contribution in [3.63, 3.8) is 0 Å². The SMILES string of the molecule is CC(=O)NC1=NN(C(C)=O)[C@@H](c2ccc(OCCOc3ccc(C)cc3)c(Br)c2)S1. The molecule has 9 heteroatoms. The number of carbonyl (C=O) groups excluding carboxylic acids is 2. The lowest BCUT2D eigenvalue weighted by molar-refractivity contribution is -0.129. The van der Waals surface area contributed by atoms with Gasteiger partial charge in [0.05, 0.1) is 4.47 Å². The molecule has 1 aliphatic heterocycles. The van der Waals surface area contributed by atoms with Crippen LogP contribution in [0.4, 0.5) is 0 Å². The highest BCUT2D eigenvalue weighted by atomic mass is 79.9. The molecule has 30 heavy (non-hydrogen) atoms. The van der Waals surface area contributed by atoms with Gasteiger partial charge in [-0.25, -0.2) is 5.01 Å². The molecule has 1 N–H and O–H groups in total. The van der Waals surface area contributed by atoms with Gasteiger partial charge in [-0.15, -0.1) is 5.10 Å². The first kappa shape index (κ1) is 22.2. The molecule has 7 nitrogen and oxygen atoms in total. The number of aryl methyl sites for hydroxylation is 1. The standard InChI is InChI=1S/C21H22BrN3O4S/c1-13-4-7-17(8-5-13)28-10-11-29-19-9-6-16(12-18(19)22)20-25(15(3)27)24-21(30-20)23-14(2)26/h4-9,12,20H,10-11H2,1-3H3,(H,23,24,26)/t20-/m1/s1. The molecular formula is C21H22BrN3O4S. The molecule has 0 aliphatic carbocycles. The van der Waals surface area contributed by atoms with Gasteiger partial charge in [0.25, 0.3) is 0 Å². The molecule has 0 unspecified atom stereocenters. The van der Waals surface area contributed by atoms with Gasteiger partial charge in [-0.05, 0) is 52.7 Å². The molecule has 2 aromatic rings. The van der Waals surface area contributed by atoms with E-state index < -0.39 is 0 Å². The fraction of sp³-hybridized carbons (Fsp3) is 0.286. The summed E-state index contributed by atoms with van der Waals surface area (Å²) in [5.74, 6) is 1.03. The van der Waals surface area contributed by atoms with Crippen LogP contribution in [0.15, 0.2) is 52.0 Å². The molecule has 3 rings (SSSR count). The second-order valence-corrected chi connectivity index (χ2v) is 8.54. The summed E-state index contributed by atoms with van der Waals surface area (Å²) in [5, 5.41) is 8.22. The summed E-state index contributed by atoms with van der Waals surface area (Å²) >= 11 is 4.83. The molecule has 0 saturated heterocycles. The number of nitrogens with one attached hydrogen (secondary N) is 1. The fourth-order valence-corrected chi connectivity index (χ4v) is 4.35. The maximum atomic E-state index is 12.0. The Morgan fingerprint density at radius 1 is 1.13 bits per heavy atom. The summed E-state index contributed by atoms with van der Waals surface area (Å²) in [6.45, 7) is 5.68. The van der Waals surface area contributed by atoms with Crippen molar-refractivity contribution < 1.29 is 19.1 Å². The number of carbonyl (C=O) groups is 2. The van der Waals surface area contributed by atoms with Gasteiger partial charge in [0.2, 0.25) is 11.8 Å². The Balaban J connectivity index is 1.59. The van der Waals surface area contributed by atoms with Crippen LogP contribution in [0.3, 0.4) is 0 Å². The third kappa shape index (κ3) is 5.76. The summed E-state index contributed by atoms with van der Waals surface area (Å²) in [4.78, 5) is 23.3. The first-order valence-electron chi connectivity index (χ1n) is 9.28. The van der Waals surface area contributed by atoms with Gasteiger partial charge < -0.3 is 14.8 Å². The largest absolute Gasteiger partial charge is 0.490 e. The molecule has 0 radical (unpaired) electrons. The molecule has 0 bridgehead atoms. The number of halogens is 1. The zero-order chi connectivity index (χ0) is 21.7. The van der Waals surface area contributed by atoms with Crippen LogP contribution >= 0.6 is 27.7 Å². The minimum atomic E-state index is -0.362. The molecule has 158 valence electrons. The Bertz CT molecular complexity index is 965. The number of rotatable bonds is 6. The van der Waals surface area contributed by atoms with Crippen LogP contribution in [0.1, 0.15) is 30.3 Å². The van der Waals surface area contributed by atoms with Crippen molar-refractivity contribution in [3.05, 3.63) is 58.1 Å². The van der Waals surface area contributed by atoms with E-state index in [4.69, 9.17) is 9.47 Å². The van der Waals surface area contributed by atoms with Gasteiger partial charge >= 0.3 is 0 Å². The lowest BCUT2D eigenvalue weighted by Gasteiger charge is -2.20. The van der Waals surface area contributed by atoms with E-state index in [1.807, 2.05) is 49.4 Å². The zero-order valence-corrected chi connectivity index (χ0v) is 19.2. The minimum absolute atomic E-state index is 0.211. The number of thioether (sulfide) groups is 1.